The Morgan fingerprint density at radius 2 is 1.88 bits per heavy atom. The van der Waals surface area contributed by atoms with Crippen LogP contribution in [0.5, 0.6) is 0 Å². The normalized spacial score (nSPS) is 14.5. The smallest absolute Gasteiger partial charge is 0.343 e. The average Bonchev–Trinajstić information content (AvgIpc) is 3.54. The molecule has 1 atom stereocenters. The molecule has 0 unspecified atom stereocenters. The van der Waals surface area contributed by atoms with E-state index in [-0.39, 0.29) is 40.8 Å². The molecule has 174 valence electrons. The maximum atomic E-state index is 13.5. The number of terminal acetylenes is 1. The van der Waals surface area contributed by atoms with Gasteiger partial charge in [-0.05, 0) is 56.4 Å². The SMILES string of the molecule is C#C[C@H](CC(=O)C(=O)c1c(C)c(C(=O)Nc2ccc(F)c(C(F)(F)F)c2)n(C)c1C)C1CC1. The van der Waals surface area contributed by atoms with Gasteiger partial charge in [0, 0.05) is 30.8 Å². The molecule has 3 rings (SSSR count). The van der Waals surface area contributed by atoms with Gasteiger partial charge >= 0.3 is 6.18 Å². The zero-order valence-corrected chi connectivity index (χ0v) is 18.3. The summed E-state index contributed by atoms with van der Waals surface area (Å²) >= 11 is 0. The van der Waals surface area contributed by atoms with Gasteiger partial charge in [0.05, 0.1) is 11.1 Å². The van der Waals surface area contributed by atoms with Crippen LogP contribution in [0, 0.1) is 43.8 Å². The third-order valence-corrected chi connectivity index (χ3v) is 5.97. The van der Waals surface area contributed by atoms with Crippen molar-refractivity contribution in [2.24, 2.45) is 18.9 Å². The Kier molecular flexibility index (Phi) is 6.50. The molecule has 2 aromatic rings. The van der Waals surface area contributed by atoms with E-state index in [4.69, 9.17) is 6.42 Å². The van der Waals surface area contributed by atoms with Crippen molar-refractivity contribution in [3.63, 3.8) is 0 Å². The van der Waals surface area contributed by atoms with E-state index < -0.39 is 35.0 Å². The molecule has 1 amide bonds. The Morgan fingerprint density at radius 1 is 1.24 bits per heavy atom. The number of Topliss-reactive ketones (excluding diaryl/α,β-unsaturated/α-hetero) is 2. The fourth-order valence-electron chi connectivity index (χ4n) is 3.94. The molecular weight excluding hydrogens is 440 g/mol. The van der Waals surface area contributed by atoms with Crippen LogP contribution in [0.15, 0.2) is 18.2 Å². The van der Waals surface area contributed by atoms with Crippen LogP contribution < -0.4 is 5.32 Å². The maximum absolute atomic E-state index is 13.5. The molecule has 33 heavy (non-hydrogen) atoms. The summed E-state index contributed by atoms with van der Waals surface area (Å²) in [6, 6.07) is 2.10. The van der Waals surface area contributed by atoms with Crippen LogP contribution in [-0.4, -0.2) is 22.0 Å². The molecule has 5 nitrogen and oxygen atoms in total. The highest BCUT2D eigenvalue weighted by Crippen LogP contribution is 2.38. The molecule has 1 aliphatic carbocycles. The minimum atomic E-state index is -4.93. The number of halogens is 4. The minimum Gasteiger partial charge on any atom is -0.343 e. The summed E-state index contributed by atoms with van der Waals surface area (Å²) < 4.78 is 53.8. The fraction of sp³-hybridized carbons (Fsp3) is 0.375. The maximum Gasteiger partial charge on any atom is 0.419 e. The molecule has 1 N–H and O–H groups in total. The van der Waals surface area contributed by atoms with E-state index in [1.807, 2.05) is 0 Å². The summed E-state index contributed by atoms with van der Waals surface area (Å²) in [7, 11) is 1.50. The van der Waals surface area contributed by atoms with Crippen LogP contribution in [0.25, 0.3) is 0 Å². The number of benzene rings is 1. The van der Waals surface area contributed by atoms with E-state index >= 15 is 0 Å². The Hall–Kier alpha value is -3.41. The topological polar surface area (TPSA) is 68.2 Å². The van der Waals surface area contributed by atoms with Gasteiger partial charge in [-0.2, -0.15) is 13.2 Å². The van der Waals surface area contributed by atoms with Crippen LogP contribution in [0.2, 0.25) is 0 Å². The third kappa shape index (κ3) is 4.85. The second kappa shape index (κ2) is 8.85. The Bertz CT molecular complexity index is 1180. The fourth-order valence-corrected chi connectivity index (χ4v) is 3.94. The molecule has 0 saturated heterocycles. The molecule has 0 radical (unpaired) electrons. The molecule has 1 aromatic heterocycles. The lowest BCUT2D eigenvalue weighted by Crippen LogP contribution is -2.20. The second-order valence-corrected chi connectivity index (χ2v) is 8.21. The number of nitrogens with zero attached hydrogens (tertiary/aromatic N) is 1. The Balaban J connectivity index is 1.87. The van der Waals surface area contributed by atoms with Crippen molar-refractivity contribution >= 4 is 23.2 Å². The first-order chi connectivity index (χ1) is 15.4. The molecule has 0 aliphatic heterocycles. The monoisotopic (exact) mass is 462 g/mol. The molecular formula is C24H22F4N2O3. The van der Waals surface area contributed by atoms with Crippen molar-refractivity contribution in [2.75, 3.05) is 5.32 Å². The summed E-state index contributed by atoms with van der Waals surface area (Å²) in [6.07, 6.45) is 2.31. The predicted molar refractivity (Wildman–Crippen MR) is 113 cm³/mol. The van der Waals surface area contributed by atoms with Crippen LogP contribution >= 0.6 is 0 Å². The third-order valence-electron chi connectivity index (χ3n) is 5.97. The number of hydrogen-bond donors (Lipinski definition) is 1. The summed E-state index contributed by atoms with van der Waals surface area (Å²) in [6.45, 7) is 3.04. The minimum absolute atomic E-state index is 0.00257. The van der Waals surface area contributed by atoms with E-state index in [0.29, 0.717) is 17.8 Å². The second-order valence-electron chi connectivity index (χ2n) is 8.21. The van der Waals surface area contributed by atoms with E-state index in [1.54, 1.807) is 6.92 Å². The van der Waals surface area contributed by atoms with Gasteiger partial charge in [0.1, 0.15) is 11.5 Å². The number of carbonyl (C=O) groups is 3. The number of amides is 1. The predicted octanol–water partition coefficient (Wildman–Crippen LogP) is 4.85. The van der Waals surface area contributed by atoms with Crippen LogP contribution in [0.3, 0.4) is 0 Å². The number of hydrogen-bond acceptors (Lipinski definition) is 3. The van der Waals surface area contributed by atoms with Crippen LogP contribution in [0.4, 0.5) is 23.2 Å². The highest BCUT2D eigenvalue weighted by Gasteiger charge is 2.36. The summed E-state index contributed by atoms with van der Waals surface area (Å²) in [4.78, 5) is 38.3. The van der Waals surface area contributed by atoms with Gasteiger partial charge in [-0.1, -0.05) is 0 Å². The molecule has 1 heterocycles. The molecule has 0 spiro atoms. The number of anilines is 1. The standard InChI is InChI=1S/C24H22F4N2O3/c1-5-14(15-6-7-15)10-19(31)22(32)20-12(2)21(30(4)13(20)3)23(33)29-16-8-9-18(25)17(11-16)24(26,27)28/h1,8-9,11,14-15H,6-7,10H2,2-4H3,(H,29,33)/t14-/m1/s1. The summed E-state index contributed by atoms with van der Waals surface area (Å²) in [5.41, 5.74) is -1.15. The number of carbonyl (C=O) groups excluding carboxylic acids is 3. The number of nitrogens with one attached hydrogen (secondary N) is 1. The molecule has 1 saturated carbocycles. The quantitative estimate of drug-likeness (QED) is 0.277. The average molecular weight is 462 g/mol. The van der Waals surface area contributed by atoms with Crippen LogP contribution in [0.1, 0.15) is 56.9 Å². The molecule has 1 fully saturated rings. The largest absolute Gasteiger partial charge is 0.419 e. The van der Waals surface area contributed by atoms with Gasteiger partial charge in [0.15, 0.2) is 0 Å². The van der Waals surface area contributed by atoms with Gasteiger partial charge in [-0.15, -0.1) is 12.3 Å². The Labute approximate surface area is 188 Å². The van der Waals surface area contributed by atoms with Gasteiger partial charge in [-0.3, -0.25) is 14.4 Å². The van der Waals surface area contributed by atoms with Crippen molar-refractivity contribution in [1.82, 2.24) is 4.57 Å². The summed E-state index contributed by atoms with van der Waals surface area (Å²) in [5, 5.41) is 2.30. The van der Waals surface area contributed by atoms with Gasteiger partial charge in [0.2, 0.25) is 11.6 Å². The number of ketones is 2. The zero-order valence-electron chi connectivity index (χ0n) is 18.3. The first-order valence-electron chi connectivity index (χ1n) is 10.2. The first-order valence-corrected chi connectivity index (χ1v) is 10.2. The molecule has 1 aromatic carbocycles. The van der Waals surface area contributed by atoms with Crippen molar-refractivity contribution in [2.45, 2.75) is 39.3 Å². The summed E-state index contributed by atoms with van der Waals surface area (Å²) in [5.74, 6) is -1.19. The molecule has 9 heteroatoms. The van der Waals surface area contributed by atoms with Crippen molar-refractivity contribution in [1.29, 1.82) is 0 Å². The van der Waals surface area contributed by atoms with E-state index in [0.717, 1.165) is 18.9 Å². The van der Waals surface area contributed by atoms with E-state index in [9.17, 15) is 31.9 Å². The lowest BCUT2D eigenvalue weighted by molar-refractivity contribution is -0.139. The highest BCUT2D eigenvalue weighted by atomic mass is 19.4. The number of rotatable bonds is 7. The van der Waals surface area contributed by atoms with E-state index in [1.165, 1.54) is 18.5 Å². The van der Waals surface area contributed by atoms with Crippen molar-refractivity contribution < 1.29 is 31.9 Å². The zero-order chi connectivity index (χ0) is 24.7. The Morgan fingerprint density at radius 3 is 2.42 bits per heavy atom. The lowest BCUT2D eigenvalue weighted by atomic mass is 9.93. The van der Waals surface area contributed by atoms with Crippen LogP contribution in [-0.2, 0) is 18.0 Å². The van der Waals surface area contributed by atoms with Gasteiger partial charge in [-0.25, -0.2) is 4.39 Å². The van der Waals surface area contributed by atoms with Gasteiger partial charge in [0.25, 0.3) is 5.91 Å². The molecule has 0 bridgehead atoms. The van der Waals surface area contributed by atoms with E-state index in [2.05, 4.69) is 11.2 Å². The molecule has 1 aliphatic rings. The number of alkyl halides is 3. The van der Waals surface area contributed by atoms with Gasteiger partial charge < -0.3 is 9.88 Å². The number of aromatic nitrogens is 1. The first kappa shape index (κ1) is 24.2. The lowest BCUT2D eigenvalue weighted by Gasteiger charge is -2.12. The van der Waals surface area contributed by atoms with Crippen molar-refractivity contribution in [3.8, 4) is 12.3 Å². The highest BCUT2D eigenvalue weighted by molar-refractivity contribution is 6.44. The van der Waals surface area contributed by atoms with Crippen molar-refractivity contribution in [3.05, 3.63) is 52.1 Å².